The van der Waals surface area contributed by atoms with Gasteiger partial charge in [-0.1, -0.05) is 40.0 Å². The lowest BCUT2D eigenvalue weighted by atomic mass is 10.1. The van der Waals surface area contributed by atoms with Crippen LogP contribution in [0.15, 0.2) is 0 Å². The highest BCUT2D eigenvalue weighted by Gasteiger charge is 2.21. The standard InChI is InChI=1S/C16H34N2/c1-4-10-15(17-12-5-2)14-18-13-9-7-8-11-16(18)6-3/h15-17H,4-14H2,1-3H3. The Labute approximate surface area is 115 Å². The van der Waals surface area contributed by atoms with Gasteiger partial charge in [-0.2, -0.15) is 0 Å². The monoisotopic (exact) mass is 254 g/mol. The Bertz CT molecular complexity index is 194. The summed E-state index contributed by atoms with van der Waals surface area (Å²) in [5, 5.41) is 3.74. The van der Waals surface area contributed by atoms with Crippen LogP contribution >= 0.6 is 0 Å². The molecule has 0 radical (unpaired) electrons. The van der Waals surface area contributed by atoms with Crippen LogP contribution in [-0.4, -0.2) is 36.6 Å². The van der Waals surface area contributed by atoms with Crippen molar-refractivity contribution in [2.45, 2.75) is 84.2 Å². The molecule has 1 rings (SSSR count). The largest absolute Gasteiger partial charge is 0.313 e. The molecule has 0 spiro atoms. The van der Waals surface area contributed by atoms with E-state index in [2.05, 4.69) is 31.0 Å². The van der Waals surface area contributed by atoms with Crippen molar-refractivity contribution in [1.29, 1.82) is 0 Å². The van der Waals surface area contributed by atoms with Gasteiger partial charge in [-0.25, -0.2) is 0 Å². The van der Waals surface area contributed by atoms with Crippen LogP contribution in [0, 0.1) is 0 Å². The molecule has 1 N–H and O–H groups in total. The van der Waals surface area contributed by atoms with Gasteiger partial charge in [0.15, 0.2) is 0 Å². The molecule has 1 aliphatic rings. The van der Waals surface area contributed by atoms with Crippen LogP contribution in [0.2, 0.25) is 0 Å². The Morgan fingerprint density at radius 3 is 2.61 bits per heavy atom. The molecule has 0 aliphatic carbocycles. The molecular formula is C16H34N2. The van der Waals surface area contributed by atoms with Crippen LogP contribution in [0.4, 0.5) is 0 Å². The van der Waals surface area contributed by atoms with E-state index in [0.29, 0.717) is 6.04 Å². The minimum Gasteiger partial charge on any atom is -0.313 e. The predicted octanol–water partition coefficient (Wildman–Crippen LogP) is 3.81. The number of hydrogen-bond donors (Lipinski definition) is 1. The van der Waals surface area contributed by atoms with Crippen molar-refractivity contribution in [3.05, 3.63) is 0 Å². The first-order valence-electron chi connectivity index (χ1n) is 8.29. The number of hydrogen-bond acceptors (Lipinski definition) is 2. The first kappa shape index (κ1) is 16.0. The van der Waals surface area contributed by atoms with Gasteiger partial charge >= 0.3 is 0 Å². The van der Waals surface area contributed by atoms with Crippen molar-refractivity contribution in [3.63, 3.8) is 0 Å². The zero-order valence-electron chi connectivity index (χ0n) is 12.9. The van der Waals surface area contributed by atoms with Crippen LogP contribution in [0.5, 0.6) is 0 Å². The molecule has 0 aromatic heterocycles. The molecule has 1 heterocycles. The summed E-state index contributed by atoms with van der Waals surface area (Å²) in [4.78, 5) is 2.77. The van der Waals surface area contributed by atoms with Gasteiger partial charge in [0.05, 0.1) is 0 Å². The molecule has 0 bridgehead atoms. The summed E-state index contributed by atoms with van der Waals surface area (Å²) in [6.45, 7) is 10.7. The molecule has 2 heteroatoms. The second-order valence-electron chi connectivity index (χ2n) is 5.85. The topological polar surface area (TPSA) is 15.3 Å². The second-order valence-corrected chi connectivity index (χ2v) is 5.85. The summed E-state index contributed by atoms with van der Waals surface area (Å²) in [5.41, 5.74) is 0. The van der Waals surface area contributed by atoms with Gasteiger partial charge in [0.2, 0.25) is 0 Å². The Hall–Kier alpha value is -0.0800. The average molecular weight is 254 g/mol. The molecule has 0 saturated carbocycles. The van der Waals surface area contributed by atoms with Crippen molar-refractivity contribution >= 4 is 0 Å². The first-order valence-corrected chi connectivity index (χ1v) is 8.29. The molecule has 1 saturated heterocycles. The van der Waals surface area contributed by atoms with Crippen LogP contribution in [0.25, 0.3) is 0 Å². The fourth-order valence-corrected chi connectivity index (χ4v) is 3.18. The van der Waals surface area contributed by atoms with E-state index in [-0.39, 0.29) is 0 Å². The molecule has 0 amide bonds. The summed E-state index contributed by atoms with van der Waals surface area (Å²) < 4.78 is 0. The summed E-state index contributed by atoms with van der Waals surface area (Å²) in [6.07, 6.45) is 10.9. The Kier molecular flexibility index (Phi) is 8.70. The van der Waals surface area contributed by atoms with Crippen LogP contribution in [0.3, 0.4) is 0 Å². The Morgan fingerprint density at radius 2 is 1.94 bits per heavy atom. The van der Waals surface area contributed by atoms with E-state index in [4.69, 9.17) is 0 Å². The number of rotatable bonds is 8. The van der Waals surface area contributed by atoms with E-state index < -0.39 is 0 Å². The SMILES string of the molecule is CCCNC(CCC)CN1CCCCCC1CC. The van der Waals surface area contributed by atoms with Gasteiger partial charge in [-0.05, 0) is 45.2 Å². The third-order valence-corrected chi connectivity index (χ3v) is 4.25. The molecule has 2 unspecified atom stereocenters. The molecular weight excluding hydrogens is 220 g/mol. The van der Waals surface area contributed by atoms with E-state index in [1.54, 1.807) is 0 Å². The van der Waals surface area contributed by atoms with Crippen LogP contribution < -0.4 is 5.32 Å². The van der Waals surface area contributed by atoms with Crippen molar-refractivity contribution in [3.8, 4) is 0 Å². The summed E-state index contributed by atoms with van der Waals surface area (Å²) in [5.74, 6) is 0. The zero-order valence-corrected chi connectivity index (χ0v) is 12.9. The van der Waals surface area contributed by atoms with E-state index in [1.165, 1.54) is 71.0 Å². The van der Waals surface area contributed by atoms with Crippen molar-refractivity contribution in [1.82, 2.24) is 10.2 Å². The van der Waals surface area contributed by atoms with Gasteiger partial charge in [-0.15, -0.1) is 0 Å². The summed E-state index contributed by atoms with van der Waals surface area (Å²) in [6, 6.07) is 1.55. The highest BCUT2D eigenvalue weighted by molar-refractivity contribution is 4.79. The lowest BCUT2D eigenvalue weighted by Gasteiger charge is -2.33. The van der Waals surface area contributed by atoms with E-state index in [0.717, 1.165) is 6.04 Å². The van der Waals surface area contributed by atoms with Crippen molar-refractivity contribution in [2.75, 3.05) is 19.6 Å². The molecule has 1 aliphatic heterocycles. The second kappa shape index (κ2) is 9.80. The zero-order chi connectivity index (χ0) is 13.2. The molecule has 0 aromatic carbocycles. The minimum absolute atomic E-state index is 0.710. The maximum atomic E-state index is 3.74. The fourth-order valence-electron chi connectivity index (χ4n) is 3.18. The predicted molar refractivity (Wildman–Crippen MR) is 81.1 cm³/mol. The Balaban J connectivity index is 2.46. The van der Waals surface area contributed by atoms with Crippen molar-refractivity contribution < 1.29 is 0 Å². The highest BCUT2D eigenvalue weighted by atomic mass is 15.2. The lowest BCUT2D eigenvalue weighted by molar-refractivity contribution is 0.170. The minimum atomic E-state index is 0.710. The van der Waals surface area contributed by atoms with E-state index in [1.807, 2.05) is 0 Å². The molecule has 0 aromatic rings. The first-order chi connectivity index (χ1) is 8.81. The van der Waals surface area contributed by atoms with Crippen molar-refractivity contribution in [2.24, 2.45) is 0 Å². The quantitative estimate of drug-likeness (QED) is 0.708. The van der Waals surface area contributed by atoms with E-state index >= 15 is 0 Å². The Morgan fingerprint density at radius 1 is 1.11 bits per heavy atom. The maximum absolute atomic E-state index is 3.74. The van der Waals surface area contributed by atoms with Gasteiger partial charge in [0, 0.05) is 18.6 Å². The van der Waals surface area contributed by atoms with Gasteiger partial charge in [-0.3, -0.25) is 4.90 Å². The number of nitrogens with zero attached hydrogens (tertiary/aromatic N) is 1. The fraction of sp³-hybridized carbons (Fsp3) is 1.00. The van der Waals surface area contributed by atoms with Gasteiger partial charge in [0.25, 0.3) is 0 Å². The molecule has 1 fully saturated rings. The maximum Gasteiger partial charge on any atom is 0.0195 e. The van der Waals surface area contributed by atoms with E-state index in [9.17, 15) is 0 Å². The smallest absolute Gasteiger partial charge is 0.0195 e. The summed E-state index contributed by atoms with van der Waals surface area (Å²) in [7, 11) is 0. The number of nitrogens with one attached hydrogen (secondary N) is 1. The molecule has 2 nitrogen and oxygen atoms in total. The highest BCUT2D eigenvalue weighted by Crippen LogP contribution is 2.19. The number of likely N-dealkylation sites (tertiary alicyclic amines) is 1. The van der Waals surface area contributed by atoms with Crippen LogP contribution in [0.1, 0.15) is 72.1 Å². The molecule has 108 valence electrons. The average Bonchev–Trinajstić information content (AvgIpc) is 2.61. The third-order valence-electron chi connectivity index (χ3n) is 4.25. The molecule has 18 heavy (non-hydrogen) atoms. The summed E-state index contributed by atoms with van der Waals surface area (Å²) >= 11 is 0. The lowest BCUT2D eigenvalue weighted by Crippen LogP contribution is -2.45. The third kappa shape index (κ3) is 5.71. The van der Waals surface area contributed by atoms with Gasteiger partial charge < -0.3 is 5.32 Å². The van der Waals surface area contributed by atoms with Gasteiger partial charge in [0.1, 0.15) is 0 Å². The normalized spacial score (nSPS) is 23.8. The van der Waals surface area contributed by atoms with Crippen LogP contribution in [-0.2, 0) is 0 Å². The molecule has 2 atom stereocenters.